The summed E-state index contributed by atoms with van der Waals surface area (Å²) in [5, 5.41) is 0. The molecule has 2 rings (SSSR count). The van der Waals surface area contributed by atoms with E-state index in [0.29, 0.717) is 5.91 Å². The number of carbonyl (C=O) groups is 1. The van der Waals surface area contributed by atoms with Gasteiger partial charge in [0, 0.05) is 0 Å². The van der Waals surface area contributed by atoms with Crippen LogP contribution in [0.4, 0.5) is 0 Å². The first-order valence-corrected chi connectivity index (χ1v) is 18.8. The van der Waals surface area contributed by atoms with Crippen molar-refractivity contribution in [2.75, 3.05) is 0 Å². The van der Waals surface area contributed by atoms with Crippen molar-refractivity contribution in [2.24, 2.45) is 5.92 Å². The van der Waals surface area contributed by atoms with Crippen LogP contribution in [0.3, 0.4) is 0 Å². The van der Waals surface area contributed by atoms with E-state index in [-0.39, 0.29) is 30.7 Å². The molecule has 2 aliphatic carbocycles. The minimum Gasteiger partial charge on any atom is -1.00 e. The summed E-state index contributed by atoms with van der Waals surface area (Å²) in [7, 11) is 0. The largest absolute Gasteiger partial charge is 1.00 e. The molecule has 1 fully saturated rings. The van der Waals surface area contributed by atoms with Crippen LogP contribution in [-0.4, -0.2) is 12.6 Å². The molecule has 1 saturated carbocycles. The number of amides is 1. The number of nitrogens with one attached hydrogen (secondary N) is 1. The molecule has 0 aliphatic heterocycles. The number of hydrogen-bond donors (Lipinski definition) is 1. The Morgan fingerprint density at radius 3 is 1.90 bits per heavy atom. The minimum atomic E-state index is -1.61. The predicted octanol–water partition coefficient (Wildman–Crippen LogP) is 0.562. The zero-order valence-electron chi connectivity index (χ0n) is 19.1. The van der Waals surface area contributed by atoms with Crippen molar-refractivity contribution in [1.29, 1.82) is 0 Å². The summed E-state index contributed by atoms with van der Waals surface area (Å²) in [5.41, 5.74) is 3.08. The van der Waals surface area contributed by atoms with Crippen LogP contribution in [-0.2, 0) is 22.2 Å². The van der Waals surface area contributed by atoms with Gasteiger partial charge in [-0.15, -0.1) is 0 Å². The molecule has 167 valence electrons. The molecule has 0 unspecified atom stereocenters. The maximum Gasteiger partial charge on any atom is -1.00 e. The van der Waals surface area contributed by atoms with Gasteiger partial charge in [-0.25, -0.2) is 0 Å². The molecule has 1 N–H and O–H groups in total. The van der Waals surface area contributed by atoms with Gasteiger partial charge in [-0.2, -0.15) is 0 Å². The summed E-state index contributed by atoms with van der Waals surface area (Å²) < 4.78 is 5.35. The van der Waals surface area contributed by atoms with Crippen molar-refractivity contribution in [3.63, 3.8) is 0 Å². The molecule has 29 heavy (non-hydrogen) atoms. The number of rotatable bonds is 5. The SMILES string of the molecule is CCC1=C(C)C[C]([Ti+2]([NH]C(=O)C2CCCCCCCCCCC2)[SiH](C)C)=C1.[Cl-].[Cl-]. The van der Waals surface area contributed by atoms with Gasteiger partial charge in [0.1, 0.15) is 0 Å². The molecule has 6 heteroatoms. The molecule has 0 radical (unpaired) electrons. The van der Waals surface area contributed by atoms with Crippen molar-refractivity contribution >= 4 is 12.6 Å². The van der Waals surface area contributed by atoms with Crippen molar-refractivity contribution in [2.45, 2.75) is 110 Å². The smallest absolute Gasteiger partial charge is 1.00 e. The summed E-state index contributed by atoms with van der Waals surface area (Å²) >= 11 is -1.61. The molecule has 1 amide bonds. The van der Waals surface area contributed by atoms with Crippen molar-refractivity contribution in [1.82, 2.24) is 3.80 Å². The third-order valence-corrected chi connectivity index (χ3v) is 17.5. The van der Waals surface area contributed by atoms with E-state index in [1.807, 2.05) is 0 Å². The minimum absolute atomic E-state index is 0. The molecule has 0 spiro atoms. The Morgan fingerprint density at radius 2 is 1.48 bits per heavy atom. The summed E-state index contributed by atoms with van der Waals surface area (Å²) in [6.45, 7) is 8.63. The maximum atomic E-state index is 13.2. The fraction of sp³-hybridized carbons (Fsp3) is 0.783. The Bertz CT molecular complexity index is 539. The molecular formula is C23H42Cl2NOSiTi. The Kier molecular flexibility index (Phi) is 16.4. The van der Waals surface area contributed by atoms with E-state index in [0.717, 1.165) is 25.7 Å². The number of allylic oxidation sites excluding steroid dienone is 4. The molecule has 0 atom stereocenters. The van der Waals surface area contributed by atoms with Gasteiger partial charge in [0.05, 0.1) is 0 Å². The van der Waals surface area contributed by atoms with E-state index >= 15 is 0 Å². The van der Waals surface area contributed by atoms with Gasteiger partial charge in [-0.05, 0) is 0 Å². The number of halogens is 2. The van der Waals surface area contributed by atoms with Crippen LogP contribution in [0.25, 0.3) is 0 Å². The topological polar surface area (TPSA) is 29.1 Å². The van der Waals surface area contributed by atoms with Gasteiger partial charge in [0.15, 0.2) is 0 Å². The standard InChI is InChI=1S/C13H25NO.C8H11.C2H7Si.2ClH.Ti/c14-13(15)12-10-8-6-4-2-1-3-5-7-9-11-12;1-3-8-6-4-5-7(8)2;1-3-2;;;/h12H,1-11H2,(H2,14,15);6H,3,5H2,1-2H3;3H,1-2H3;2*1H;/q;;;;;+3/p-3. The summed E-state index contributed by atoms with van der Waals surface area (Å²) in [5.74, 6) is 0.702. The molecular weight excluding hydrogens is 453 g/mol. The third-order valence-electron chi connectivity index (χ3n) is 6.39. The van der Waals surface area contributed by atoms with Gasteiger partial charge in [0.2, 0.25) is 0 Å². The fourth-order valence-corrected chi connectivity index (χ4v) is 14.0. The van der Waals surface area contributed by atoms with Gasteiger partial charge in [0.25, 0.3) is 0 Å². The molecule has 0 aromatic carbocycles. The Labute approximate surface area is 199 Å². The van der Waals surface area contributed by atoms with Gasteiger partial charge in [-0.1, -0.05) is 0 Å². The summed E-state index contributed by atoms with van der Waals surface area (Å²) in [6, 6.07) is 0. The molecule has 0 bridgehead atoms. The van der Waals surface area contributed by atoms with Crippen LogP contribution in [0, 0.1) is 5.92 Å². The van der Waals surface area contributed by atoms with E-state index in [1.165, 1.54) is 63.4 Å². The second-order valence-corrected chi connectivity index (χ2v) is 21.8. The second-order valence-electron chi connectivity index (χ2n) is 9.02. The van der Waals surface area contributed by atoms with Crippen molar-refractivity contribution in [3.05, 3.63) is 21.1 Å². The second kappa shape index (κ2) is 16.1. The Hall–Kier alpha value is 0.461. The molecule has 0 heterocycles. The molecule has 0 aromatic heterocycles. The summed E-state index contributed by atoms with van der Waals surface area (Å²) in [6.07, 6.45) is 19.1. The first-order chi connectivity index (χ1) is 13.0. The third kappa shape index (κ3) is 10.1. The molecule has 0 aromatic rings. The van der Waals surface area contributed by atoms with Crippen LogP contribution < -0.4 is 28.6 Å². The predicted molar refractivity (Wildman–Crippen MR) is 117 cm³/mol. The zero-order chi connectivity index (χ0) is 19.6. The average Bonchev–Trinajstić information content (AvgIpc) is 3.00. The normalized spacial score (nSPS) is 19.4. The first kappa shape index (κ1) is 29.5. The van der Waals surface area contributed by atoms with Gasteiger partial charge in [-0.3, -0.25) is 0 Å². The van der Waals surface area contributed by atoms with Crippen LogP contribution >= 0.6 is 0 Å². The quantitative estimate of drug-likeness (QED) is 0.556. The van der Waals surface area contributed by atoms with Gasteiger partial charge >= 0.3 is 176 Å². The van der Waals surface area contributed by atoms with Crippen LogP contribution in [0.15, 0.2) is 21.1 Å². The van der Waals surface area contributed by atoms with E-state index in [2.05, 4.69) is 36.8 Å². The fourth-order valence-electron chi connectivity index (χ4n) is 4.62. The Balaban J connectivity index is 0.00000392. The van der Waals surface area contributed by atoms with Crippen LogP contribution in [0.5, 0.6) is 0 Å². The zero-order valence-corrected chi connectivity index (χ0v) is 23.3. The van der Waals surface area contributed by atoms with E-state index in [1.54, 1.807) is 9.45 Å². The van der Waals surface area contributed by atoms with E-state index in [4.69, 9.17) is 0 Å². The number of carbonyl (C=O) groups excluding carboxylic acids is 1. The van der Waals surface area contributed by atoms with Gasteiger partial charge < -0.3 is 24.8 Å². The first-order valence-electron chi connectivity index (χ1n) is 11.6. The van der Waals surface area contributed by atoms with E-state index < -0.39 is 24.0 Å². The monoisotopic (exact) mass is 494 g/mol. The molecule has 0 saturated heterocycles. The average molecular weight is 495 g/mol. The van der Waals surface area contributed by atoms with E-state index in [9.17, 15) is 4.79 Å². The van der Waals surface area contributed by atoms with Crippen molar-refractivity contribution in [3.8, 4) is 0 Å². The van der Waals surface area contributed by atoms with Crippen molar-refractivity contribution < 1.29 is 47.0 Å². The maximum absolute atomic E-state index is 13.2. The number of hydrogen-bond acceptors (Lipinski definition) is 1. The van der Waals surface area contributed by atoms with Crippen LogP contribution in [0.1, 0.15) is 97.3 Å². The molecule has 2 nitrogen and oxygen atoms in total. The van der Waals surface area contributed by atoms with Crippen LogP contribution in [0.2, 0.25) is 13.1 Å². The Morgan fingerprint density at radius 1 is 1.00 bits per heavy atom. The molecule has 2 aliphatic rings. The summed E-state index contributed by atoms with van der Waals surface area (Å²) in [4.78, 5) is 13.2.